The molecule has 2 N–H and O–H groups in total. The van der Waals surface area contributed by atoms with Crippen LogP contribution >= 0.6 is 0 Å². The van der Waals surface area contributed by atoms with Crippen LogP contribution in [-0.4, -0.2) is 60.6 Å². The molecular weight excluding hydrogens is 545 g/mol. The second-order valence-electron chi connectivity index (χ2n) is 9.89. The summed E-state index contributed by atoms with van der Waals surface area (Å²) in [6.45, 7) is 0. The number of halogens is 3. The summed E-state index contributed by atoms with van der Waals surface area (Å²) >= 11 is 0. The van der Waals surface area contributed by atoms with Gasteiger partial charge in [0, 0.05) is 47.4 Å². The normalized spacial score (nSPS) is 20.1. The minimum Gasteiger partial charge on any atom is -0.349 e. The third kappa shape index (κ3) is 6.22. The maximum Gasteiger partial charge on any atom is 0.389 e. The quantitative estimate of drug-likeness (QED) is 0.429. The Morgan fingerprint density at radius 3 is 2.60 bits per heavy atom. The Bertz CT molecular complexity index is 1510. The van der Waals surface area contributed by atoms with Crippen LogP contribution in [0.25, 0.3) is 5.82 Å². The number of fused-ring (bicyclic) bond motifs is 1. The highest BCUT2D eigenvalue weighted by molar-refractivity contribution is 7.86. The fourth-order valence-electron chi connectivity index (χ4n) is 4.82. The second kappa shape index (κ2) is 11.2. The highest BCUT2D eigenvalue weighted by atomic mass is 32.2. The van der Waals surface area contributed by atoms with Gasteiger partial charge in [0.05, 0.1) is 22.9 Å². The van der Waals surface area contributed by atoms with Crippen LogP contribution in [0.3, 0.4) is 0 Å². The van der Waals surface area contributed by atoms with Crippen LogP contribution in [0, 0.1) is 11.3 Å². The molecule has 0 saturated carbocycles. The molecule has 40 heavy (non-hydrogen) atoms. The highest BCUT2D eigenvalue weighted by Gasteiger charge is 2.37. The molecule has 0 spiro atoms. The van der Waals surface area contributed by atoms with Crippen LogP contribution < -0.4 is 10.6 Å². The van der Waals surface area contributed by atoms with Crippen LogP contribution in [-0.2, 0) is 30.1 Å². The molecular formula is C27H25F3N6O3S. The molecule has 2 aliphatic rings. The fraction of sp³-hybridized carbons (Fsp3) is 0.370. The zero-order chi connectivity index (χ0) is 28.4. The number of nitrogens with zero attached hydrogens (tertiary/aromatic N) is 4. The first-order valence-corrected chi connectivity index (χ1v) is 14.2. The molecule has 1 atom stereocenters. The Hall–Kier alpha value is -4.05. The molecule has 9 nitrogen and oxygen atoms in total. The van der Waals surface area contributed by atoms with Crippen molar-refractivity contribution in [3.05, 3.63) is 76.2 Å². The van der Waals surface area contributed by atoms with E-state index in [1.54, 1.807) is 18.2 Å². The van der Waals surface area contributed by atoms with Crippen molar-refractivity contribution in [3.8, 4) is 11.9 Å². The van der Waals surface area contributed by atoms with Gasteiger partial charge in [0.2, 0.25) is 0 Å². The molecule has 1 fully saturated rings. The van der Waals surface area contributed by atoms with Crippen LogP contribution in [0.5, 0.6) is 0 Å². The molecule has 208 valence electrons. The maximum atomic E-state index is 13.3. The minimum atomic E-state index is -4.22. The van der Waals surface area contributed by atoms with E-state index in [1.165, 1.54) is 23.0 Å². The summed E-state index contributed by atoms with van der Waals surface area (Å²) in [4.78, 5) is 30.8. The Kier molecular flexibility index (Phi) is 7.71. The zero-order valence-corrected chi connectivity index (χ0v) is 22.0. The van der Waals surface area contributed by atoms with E-state index >= 15 is 0 Å². The third-order valence-corrected chi connectivity index (χ3v) is 8.40. The highest BCUT2D eigenvalue weighted by Crippen LogP contribution is 2.26. The number of carbonyl (C=O) groups is 2. The van der Waals surface area contributed by atoms with E-state index in [2.05, 4.69) is 20.7 Å². The molecule has 2 aliphatic heterocycles. The lowest BCUT2D eigenvalue weighted by atomic mass is 9.94. The molecule has 5 rings (SSSR count). The van der Waals surface area contributed by atoms with Crippen molar-refractivity contribution in [2.75, 3.05) is 11.5 Å². The van der Waals surface area contributed by atoms with Crippen molar-refractivity contribution in [2.45, 2.75) is 50.4 Å². The number of amides is 2. The Labute approximate surface area is 230 Å². The van der Waals surface area contributed by atoms with Gasteiger partial charge in [-0.2, -0.15) is 23.5 Å². The van der Waals surface area contributed by atoms with Gasteiger partial charge in [0.15, 0.2) is 5.82 Å². The van der Waals surface area contributed by atoms with E-state index in [1.807, 2.05) is 12.1 Å². The van der Waals surface area contributed by atoms with E-state index in [-0.39, 0.29) is 35.6 Å². The Morgan fingerprint density at radius 1 is 1.20 bits per heavy atom. The molecule has 3 aromatic rings. The largest absolute Gasteiger partial charge is 0.389 e. The molecule has 2 amide bonds. The van der Waals surface area contributed by atoms with E-state index in [4.69, 9.17) is 5.26 Å². The topological polar surface area (TPSA) is 130 Å². The summed E-state index contributed by atoms with van der Waals surface area (Å²) < 4.78 is 50.6. The van der Waals surface area contributed by atoms with Gasteiger partial charge in [-0.3, -0.25) is 13.8 Å². The van der Waals surface area contributed by atoms with Crippen molar-refractivity contribution in [2.24, 2.45) is 0 Å². The van der Waals surface area contributed by atoms with Crippen molar-refractivity contribution in [1.29, 1.82) is 5.26 Å². The van der Waals surface area contributed by atoms with Crippen LogP contribution in [0.4, 0.5) is 13.2 Å². The first-order valence-electron chi connectivity index (χ1n) is 12.7. The average molecular weight is 571 g/mol. The summed E-state index contributed by atoms with van der Waals surface area (Å²) in [7, 11) is -0.979. The molecule has 13 heteroatoms. The predicted octanol–water partition coefficient (Wildman–Crippen LogP) is 2.78. The number of aryl methyl sites for hydroxylation is 2. The standard InChI is InChI=1S/C27H25F3N6O3S/c28-27(29,30)9-8-17-3-1-2-16(10-17)4-6-19-11-21-23(25(37)33-19)24(26(38)34-20-14-40(39)15-20)36(35-21)22-7-5-18(12-31)13-32-22/h1-3,5,7,10,13,19-20H,4,6,8-9,11,14-15H2,(H,33,37)(H,34,38). The molecule has 0 bridgehead atoms. The summed E-state index contributed by atoms with van der Waals surface area (Å²) in [5.74, 6) is -0.0693. The smallest absolute Gasteiger partial charge is 0.349 e. The van der Waals surface area contributed by atoms with Crippen LogP contribution in [0.1, 0.15) is 56.1 Å². The van der Waals surface area contributed by atoms with Gasteiger partial charge in [-0.05, 0) is 42.5 Å². The molecule has 2 aromatic heterocycles. The lowest BCUT2D eigenvalue weighted by Crippen LogP contribution is -2.51. The summed E-state index contributed by atoms with van der Waals surface area (Å²) in [5.41, 5.74) is 2.35. The molecule has 1 unspecified atom stereocenters. The van der Waals surface area contributed by atoms with E-state index in [0.29, 0.717) is 47.6 Å². The lowest BCUT2D eigenvalue weighted by Gasteiger charge is -2.26. The summed E-state index contributed by atoms with van der Waals surface area (Å²) in [6.07, 6.45) is -2.46. The first kappa shape index (κ1) is 27.5. The van der Waals surface area contributed by atoms with Crippen molar-refractivity contribution >= 4 is 22.6 Å². The van der Waals surface area contributed by atoms with Gasteiger partial charge >= 0.3 is 6.18 Å². The summed E-state index contributed by atoms with van der Waals surface area (Å²) in [5, 5.41) is 19.4. The maximum absolute atomic E-state index is 13.3. The molecule has 1 aromatic carbocycles. The van der Waals surface area contributed by atoms with Gasteiger partial charge in [0.1, 0.15) is 11.8 Å². The average Bonchev–Trinajstić information content (AvgIpc) is 3.30. The number of alkyl halides is 3. The fourth-order valence-corrected chi connectivity index (χ4v) is 5.79. The molecule has 4 heterocycles. The minimum absolute atomic E-state index is 0.0122. The lowest BCUT2D eigenvalue weighted by molar-refractivity contribution is -0.134. The zero-order valence-electron chi connectivity index (χ0n) is 21.2. The number of hydrogen-bond acceptors (Lipinski definition) is 6. The Balaban J connectivity index is 1.35. The molecule has 1 saturated heterocycles. The van der Waals surface area contributed by atoms with E-state index in [9.17, 15) is 27.0 Å². The molecule has 0 radical (unpaired) electrons. The van der Waals surface area contributed by atoms with Gasteiger partial charge in [0.25, 0.3) is 11.8 Å². The number of rotatable bonds is 8. The second-order valence-corrected chi connectivity index (χ2v) is 11.4. The van der Waals surface area contributed by atoms with Crippen molar-refractivity contribution in [3.63, 3.8) is 0 Å². The molecule has 0 aliphatic carbocycles. The van der Waals surface area contributed by atoms with E-state index < -0.39 is 35.2 Å². The predicted molar refractivity (Wildman–Crippen MR) is 139 cm³/mol. The van der Waals surface area contributed by atoms with Gasteiger partial charge in [-0.15, -0.1) is 0 Å². The van der Waals surface area contributed by atoms with E-state index in [0.717, 1.165) is 5.56 Å². The van der Waals surface area contributed by atoms with Crippen molar-refractivity contribution in [1.82, 2.24) is 25.4 Å². The van der Waals surface area contributed by atoms with Crippen LogP contribution in [0.15, 0.2) is 42.6 Å². The third-order valence-electron chi connectivity index (χ3n) is 6.85. The number of pyridine rings is 1. The number of aromatic nitrogens is 3. The first-order chi connectivity index (χ1) is 19.1. The SMILES string of the molecule is N#Cc1ccc(-n2nc3c(c2C(=O)NC2CS(=O)C2)C(=O)NC(CCc2cccc(CCC(F)(F)F)c2)C3)nc1. The van der Waals surface area contributed by atoms with Gasteiger partial charge in [-0.25, -0.2) is 9.67 Å². The number of benzene rings is 1. The number of carbonyl (C=O) groups excluding carboxylic acids is 2. The van der Waals surface area contributed by atoms with Crippen molar-refractivity contribution < 1.29 is 27.0 Å². The monoisotopic (exact) mass is 570 g/mol. The number of hydrogen-bond donors (Lipinski definition) is 2. The summed E-state index contributed by atoms with van der Waals surface area (Å²) in [6, 6.07) is 11.5. The number of nitriles is 1. The van der Waals surface area contributed by atoms with Gasteiger partial charge < -0.3 is 10.6 Å². The van der Waals surface area contributed by atoms with Crippen LogP contribution in [0.2, 0.25) is 0 Å². The number of nitrogens with one attached hydrogen (secondary N) is 2. The van der Waals surface area contributed by atoms with Gasteiger partial charge in [-0.1, -0.05) is 24.3 Å². The Morgan fingerprint density at radius 2 is 1.95 bits per heavy atom.